The summed E-state index contributed by atoms with van der Waals surface area (Å²) in [6.45, 7) is 4.20. The molecule has 0 aromatic carbocycles. The molecule has 108 valence electrons. The lowest BCUT2D eigenvalue weighted by atomic mass is 10.2. The average molecular weight is 294 g/mol. The molecule has 2 N–H and O–H groups in total. The molecule has 2 aromatic rings. The lowest BCUT2D eigenvalue weighted by molar-refractivity contribution is -0.120. The molecular formula is C14H18N2O3S. The summed E-state index contributed by atoms with van der Waals surface area (Å²) in [5.41, 5.74) is 0.655. The van der Waals surface area contributed by atoms with Gasteiger partial charge < -0.3 is 14.8 Å². The van der Waals surface area contributed by atoms with Crippen LogP contribution in [0.4, 0.5) is 0 Å². The molecule has 0 spiro atoms. The Morgan fingerprint density at radius 3 is 3.05 bits per heavy atom. The molecule has 2 rings (SSSR count). The van der Waals surface area contributed by atoms with Gasteiger partial charge >= 0.3 is 0 Å². The van der Waals surface area contributed by atoms with Gasteiger partial charge in [0.25, 0.3) is 0 Å². The van der Waals surface area contributed by atoms with E-state index in [1.165, 1.54) is 0 Å². The highest BCUT2D eigenvalue weighted by Gasteiger charge is 2.15. The smallest absolute Gasteiger partial charge is 0.236 e. The number of thiophene rings is 1. The monoisotopic (exact) mass is 294 g/mol. The highest BCUT2D eigenvalue weighted by molar-refractivity contribution is 7.13. The molecule has 2 heterocycles. The Kier molecular flexibility index (Phi) is 4.92. The molecule has 0 radical (unpaired) electrons. The normalized spacial score (nSPS) is 12.3. The van der Waals surface area contributed by atoms with Gasteiger partial charge in [0.2, 0.25) is 11.8 Å². The van der Waals surface area contributed by atoms with E-state index in [0.717, 1.165) is 4.88 Å². The van der Waals surface area contributed by atoms with Gasteiger partial charge in [-0.05, 0) is 24.3 Å². The standard InChI is InChI=1S/C14H18N2O3S/c1-9(8-17)7-15-13(18)6-11-10(2)19-14(16-11)12-4-3-5-20-12/h3-5,9,17H,6-8H2,1-2H3,(H,15,18). The van der Waals surface area contributed by atoms with E-state index < -0.39 is 0 Å². The average Bonchev–Trinajstić information content (AvgIpc) is 3.06. The fourth-order valence-corrected chi connectivity index (χ4v) is 2.31. The Morgan fingerprint density at radius 2 is 2.40 bits per heavy atom. The SMILES string of the molecule is Cc1oc(-c2cccs2)nc1CC(=O)NCC(C)CO. The van der Waals surface area contributed by atoms with E-state index in [-0.39, 0.29) is 24.9 Å². The van der Waals surface area contributed by atoms with Crippen LogP contribution in [-0.2, 0) is 11.2 Å². The highest BCUT2D eigenvalue weighted by Crippen LogP contribution is 2.25. The van der Waals surface area contributed by atoms with Gasteiger partial charge in [-0.25, -0.2) is 4.98 Å². The van der Waals surface area contributed by atoms with Crippen molar-refractivity contribution in [1.82, 2.24) is 10.3 Å². The van der Waals surface area contributed by atoms with Gasteiger partial charge in [-0.1, -0.05) is 13.0 Å². The Bertz CT molecular complexity index is 563. The molecule has 1 atom stereocenters. The zero-order valence-corrected chi connectivity index (χ0v) is 12.4. The summed E-state index contributed by atoms with van der Waals surface area (Å²) in [4.78, 5) is 17.1. The fraction of sp³-hybridized carbons (Fsp3) is 0.429. The van der Waals surface area contributed by atoms with E-state index in [9.17, 15) is 4.79 Å². The lowest BCUT2D eigenvalue weighted by Crippen LogP contribution is -2.30. The van der Waals surface area contributed by atoms with Crippen LogP contribution in [0.1, 0.15) is 18.4 Å². The van der Waals surface area contributed by atoms with Crippen LogP contribution < -0.4 is 5.32 Å². The van der Waals surface area contributed by atoms with Crippen molar-refractivity contribution >= 4 is 17.2 Å². The largest absolute Gasteiger partial charge is 0.440 e. The number of carbonyl (C=O) groups is 1. The lowest BCUT2D eigenvalue weighted by Gasteiger charge is -2.08. The van der Waals surface area contributed by atoms with Crippen molar-refractivity contribution in [1.29, 1.82) is 0 Å². The minimum Gasteiger partial charge on any atom is -0.440 e. The zero-order valence-electron chi connectivity index (χ0n) is 11.5. The number of nitrogens with zero attached hydrogens (tertiary/aromatic N) is 1. The van der Waals surface area contributed by atoms with Gasteiger partial charge in [-0.15, -0.1) is 11.3 Å². The van der Waals surface area contributed by atoms with Crippen LogP contribution in [0.25, 0.3) is 10.8 Å². The van der Waals surface area contributed by atoms with Crippen molar-refractivity contribution in [3.63, 3.8) is 0 Å². The number of oxazole rings is 1. The predicted octanol–water partition coefficient (Wildman–Crippen LogP) is 2.00. The molecule has 2 aromatic heterocycles. The number of aromatic nitrogens is 1. The van der Waals surface area contributed by atoms with Crippen LogP contribution >= 0.6 is 11.3 Å². The van der Waals surface area contributed by atoms with E-state index in [1.54, 1.807) is 11.3 Å². The topological polar surface area (TPSA) is 75.4 Å². The van der Waals surface area contributed by atoms with Crippen LogP contribution in [0.2, 0.25) is 0 Å². The van der Waals surface area contributed by atoms with Crippen LogP contribution in [0.3, 0.4) is 0 Å². The molecule has 0 saturated carbocycles. The van der Waals surface area contributed by atoms with Crippen LogP contribution in [-0.4, -0.2) is 29.1 Å². The van der Waals surface area contributed by atoms with Crippen LogP contribution in [0, 0.1) is 12.8 Å². The third-order valence-corrected chi connectivity index (χ3v) is 3.77. The Balaban J connectivity index is 1.98. The molecule has 6 heteroatoms. The van der Waals surface area contributed by atoms with Crippen molar-refractivity contribution in [2.75, 3.05) is 13.2 Å². The van der Waals surface area contributed by atoms with E-state index in [4.69, 9.17) is 9.52 Å². The van der Waals surface area contributed by atoms with E-state index in [1.807, 2.05) is 31.4 Å². The number of hydrogen-bond acceptors (Lipinski definition) is 5. The Morgan fingerprint density at radius 1 is 1.60 bits per heavy atom. The molecule has 0 saturated heterocycles. The van der Waals surface area contributed by atoms with Crippen molar-refractivity contribution in [3.05, 3.63) is 29.0 Å². The van der Waals surface area contributed by atoms with Gasteiger partial charge in [0, 0.05) is 13.2 Å². The summed E-state index contributed by atoms with van der Waals surface area (Å²) in [7, 11) is 0. The molecule has 1 unspecified atom stereocenters. The maximum Gasteiger partial charge on any atom is 0.236 e. The summed E-state index contributed by atoms with van der Waals surface area (Å²) in [5, 5.41) is 13.6. The Hall–Kier alpha value is -1.66. The summed E-state index contributed by atoms with van der Waals surface area (Å²) in [6, 6.07) is 3.87. The molecule has 20 heavy (non-hydrogen) atoms. The molecule has 0 aliphatic heterocycles. The maximum absolute atomic E-state index is 11.8. The van der Waals surface area contributed by atoms with Crippen LogP contribution in [0.5, 0.6) is 0 Å². The van der Waals surface area contributed by atoms with Crippen molar-refractivity contribution in [3.8, 4) is 10.8 Å². The minimum absolute atomic E-state index is 0.0547. The fourth-order valence-electron chi connectivity index (χ4n) is 1.66. The minimum atomic E-state index is -0.112. The second kappa shape index (κ2) is 6.67. The molecule has 0 aliphatic rings. The first kappa shape index (κ1) is 14.7. The number of hydrogen-bond donors (Lipinski definition) is 2. The van der Waals surface area contributed by atoms with E-state index in [2.05, 4.69) is 10.3 Å². The number of aliphatic hydroxyl groups excluding tert-OH is 1. The van der Waals surface area contributed by atoms with Gasteiger partial charge in [-0.2, -0.15) is 0 Å². The molecule has 0 fully saturated rings. The summed E-state index contributed by atoms with van der Waals surface area (Å²) >= 11 is 1.55. The number of amides is 1. The maximum atomic E-state index is 11.8. The highest BCUT2D eigenvalue weighted by atomic mass is 32.1. The molecule has 1 amide bonds. The second-order valence-corrected chi connectivity index (χ2v) is 5.72. The molecule has 5 nitrogen and oxygen atoms in total. The first-order chi connectivity index (χ1) is 9.60. The number of rotatable bonds is 6. The molecular weight excluding hydrogens is 276 g/mol. The molecule has 0 bridgehead atoms. The van der Waals surface area contributed by atoms with Crippen molar-refractivity contribution < 1.29 is 14.3 Å². The van der Waals surface area contributed by atoms with E-state index >= 15 is 0 Å². The van der Waals surface area contributed by atoms with E-state index in [0.29, 0.717) is 23.9 Å². The summed E-state index contributed by atoms with van der Waals surface area (Å²) in [5.74, 6) is 1.17. The predicted molar refractivity (Wildman–Crippen MR) is 77.5 cm³/mol. The number of nitrogens with one attached hydrogen (secondary N) is 1. The number of carbonyl (C=O) groups excluding carboxylic acids is 1. The summed E-state index contributed by atoms with van der Waals surface area (Å²) in [6.07, 6.45) is 0.193. The quantitative estimate of drug-likeness (QED) is 0.854. The van der Waals surface area contributed by atoms with Gasteiger partial charge in [0.1, 0.15) is 5.76 Å². The van der Waals surface area contributed by atoms with Gasteiger partial charge in [0.05, 0.1) is 17.0 Å². The number of aryl methyl sites for hydroxylation is 1. The van der Waals surface area contributed by atoms with Crippen molar-refractivity contribution in [2.45, 2.75) is 20.3 Å². The third-order valence-electron chi connectivity index (χ3n) is 2.91. The Labute approximate surface area is 121 Å². The first-order valence-corrected chi connectivity index (χ1v) is 7.36. The van der Waals surface area contributed by atoms with Crippen LogP contribution in [0.15, 0.2) is 21.9 Å². The zero-order chi connectivity index (χ0) is 14.5. The van der Waals surface area contributed by atoms with Gasteiger partial charge in [-0.3, -0.25) is 4.79 Å². The second-order valence-electron chi connectivity index (χ2n) is 4.77. The molecule has 0 aliphatic carbocycles. The van der Waals surface area contributed by atoms with Crippen molar-refractivity contribution in [2.24, 2.45) is 5.92 Å². The number of aliphatic hydroxyl groups is 1. The van der Waals surface area contributed by atoms with Gasteiger partial charge in [0.15, 0.2) is 0 Å². The first-order valence-electron chi connectivity index (χ1n) is 6.48. The third kappa shape index (κ3) is 3.68. The summed E-state index contributed by atoms with van der Waals surface area (Å²) < 4.78 is 5.59.